The molecule has 0 aliphatic carbocycles. The average Bonchev–Trinajstić information content (AvgIpc) is 3.47. The predicted molar refractivity (Wildman–Crippen MR) is 174 cm³/mol. The van der Waals surface area contributed by atoms with Crippen LogP contribution in [-0.2, 0) is 41.8 Å². The van der Waals surface area contributed by atoms with Crippen LogP contribution in [0.25, 0.3) is 0 Å². The lowest BCUT2D eigenvalue weighted by molar-refractivity contribution is -0.134. The number of benzene rings is 1. The highest BCUT2D eigenvalue weighted by molar-refractivity contribution is 7.15. The van der Waals surface area contributed by atoms with Crippen molar-refractivity contribution in [1.29, 1.82) is 0 Å². The van der Waals surface area contributed by atoms with Gasteiger partial charge in [-0.25, -0.2) is 4.98 Å². The van der Waals surface area contributed by atoms with Gasteiger partial charge in [-0.15, -0.1) is 0 Å². The van der Waals surface area contributed by atoms with Crippen molar-refractivity contribution >= 4 is 51.8 Å². The molecule has 0 radical (unpaired) electrons. The average molecular weight is 677 g/mol. The molecule has 2 rings (SSSR count). The van der Waals surface area contributed by atoms with Crippen LogP contribution in [0.15, 0.2) is 30.5 Å². The number of rotatable bonds is 17. The molecule has 5 atom stereocenters. The van der Waals surface area contributed by atoms with E-state index in [0.717, 1.165) is 0 Å². The zero-order valence-corrected chi connectivity index (χ0v) is 28.0. The Morgan fingerprint density at radius 3 is 2.00 bits per heavy atom. The summed E-state index contributed by atoms with van der Waals surface area (Å²) in [6.45, 7) is 8.38. The second-order valence-corrected chi connectivity index (χ2v) is 12.6. The molecule has 47 heavy (non-hydrogen) atoms. The Hall–Kier alpha value is -4.61. The number of phenolic OH excluding ortho intramolecular Hbond substituents is 1. The molecule has 1 aromatic heterocycles. The van der Waals surface area contributed by atoms with Crippen molar-refractivity contribution in [1.82, 2.24) is 31.6 Å². The number of aromatic hydroxyl groups is 1. The van der Waals surface area contributed by atoms with E-state index >= 15 is 0 Å². The number of nitrogens with zero attached hydrogens (tertiary/aromatic N) is 1. The zero-order valence-electron chi connectivity index (χ0n) is 27.2. The summed E-state index contributed by atoms with van der Waals surface area (Å²) in [6.07, 6.45) is 1.43. The van der Waals surface area contributed by atoms with Crippen molar-refractivity contribution < 1.29 is 39.0 Å². The minimum Gasteiger partial charge on any atom is -0.508 e. The van der Waals surface area contributed by atoms with Crippen LogP contribution in [-0.4, -0.2) is 86.9 Å². The fourth-order valence-corrected chi connectivity index (χ4v) is 4.80. The van der Waals surface area contributed by atoms with E-state index in [2.05, 4.69) is 36.9 Å². The SMILES string of the molecule is CC(=O)[C@](N)(Cc1ccc(O)cc1)NC(=O)[C@H](C)NC(=O)[C@H](C)NC(=O)CNC(=O)[C@H](C)NC(=O)[C@@H](Nc1ncc(CO)s1)C(C)C. The molecule has 2 aromatic rings. The first-order valence-electron chi connectivity index (χ1n) is 14.9. The summed E-state index contributed by atoms with van der Waals surface area (Å²) in [5, 5.41) is 34.5. The van der Waals surface area contributed by atoms with Crippen LogP contribution >= 0.6 is 11.3 Å². The van der Waals surface area contributed by atoms with Gasteiger partial charge < -0.3 is 47.8 Å². The molecule has 5 amide bonds. The molecule has 0 aliphatic rings. The lowest BCUT2D eigenvalue weighted by atomic mass is 9.96. The first-order valence-corrected chi connectivity index (χ1v) is 15.7. The van der Waals surface area contributed by atoms with Gasteiger partial charge in [-0.2, -0.15) is 0 Å². The number of anilines is 1. The van der Waals surface area contributed by atoms with E-state index in [1.54, 1.807) is 12.1 Å². The molecule has 1 heterocycles. The molecule has 0 saturated heterocycles. The lowest BCUT2D eigenvalue weighted by Gasteiger charge is -2.30. The normalized spacial score (nSPS) is 14.8. The molecule has 1 aromatic carbocycles. The first kappa shape index (κ1) is 38.6. The molecule has 0 saturated carbocycles. The number of aliphatic hydroxyl groups excluding tert-OH is 1. The van der Waals surface area contributed by atoms with E-state index in [0.29, 0.717) is 15.6 Å². The molecule has 258 valence electrons. The Morgan fingerprint density at radius 1 is 0.872 bits per heavy atom. The monoisotopic (exact) mass is 676 g/mol. The number of aliphatic hydroxyl groups is 1. The van der Waals surface area contributed by atoms with Crippen molar-refractivity contribution in [2.45, 2.75) is 84.4 Å². The largest absolute Gasteiger partial charge is 0.508 e. The molecule has 0 unspecified atom stereocenters. The minimum atomic E-state index is -1.78. The van der Waals surface area contributed by atoms with Crippen LogP contribution in [0.3, 0.4) is 0 Å². The number of ketones is 1. The van der Waals surface area contributed by atoms with Gasteiger partial charge in [0.15, 0.2) is 16.6 Å². The van der Waals surface area contributed by atoms with Gasteiger partial charge in [-0.05, 0) is 51.3 Å². The summed E-state index contributed by atoms with van der Waals surface area (Å²) in [5.41, 5.74) is 5.00. The number of carbonyl (C=O) groups is 6. The third-order valence-corrected chi connectivity index (χ3v) is 7.94. The van der Waals surface area contributed by atoms with E-state index in [9.17, 15) is 39.0 Å². The topological polar surface area (TPSA) is 254 Å². The summed E-state index contributed by atoms with van der Waals surface area (Å²) >= 11 is 1.20. The third-order valence-electron chi connectivity index (χ3n) is 7.03. The van der Waals surface area contributed by atoms with Crippen molar-refractivity contribution in [2.75, 3.05) is 11.9 Å². The quantitative estimate of drug-likeness (QED) is 0.0920. The number of hydrogen-bond acceptors (Lipinski definition) is 12. The van der Waals surface area contributed by atoms with E-state index in [1.165, 1.54) is 57.4 Å². The molecule has 10 N–H and O–H groups in total. The number of thiazole rings is 1. The van der Waals surface area contributed by atoms with Gasteiger partial charge in [0.05, 0.1) is 18.0 Å². The maximum absolute atomic E-state index is 12.9. The van der Waals surface area contributed by atoms with Crippen molar-refractivity contribution in [3.05, 3.63) is 40.9 Å². The molecule has 0 aliphatic heterocycles. The molecular formula is C30H44N8O8S. The van der Waals surface area contributed by atoms with E-state index in [4.69, 9.17) is 5.73 Å². The smallest absolute Gasteiger partial charge is 0.244 e. The highest BCUT2D eigenvalue weighted by Crippen LogP contribution is 2.20. The second kappa shape index (κ2) is 17.3. The molecule has 0 fully saturated rings. The van der Waals surface area contributed by atoms with Crippen LogP contribution in [0.5, 0.6) is 5.75 Å². The Morgan fingerprint density at radius 2 is 1.45 bits per heavy atom. The van der Waals surface area contributed by atoms with Gasteiger partial charge in [0, 0.05) is 12.6 Å². The number of hydrogen-bond donors (Lipinski definition) is 9. The van der Waals surface area contributed by atoms with Crippen molar-refractivity contribution in [2.24, 2.45) is 11.7 Å². The lowest BCUT2D eigenvalue weighted by Crippen LogP contribution is -2.65. The van der Waals surface area contributed by atoms with E-state index in [-0.39, 0.29) is 24.7 Å². The Kier molecular flexibility index (Phi) is 14.2. The number of aromatic nitrogens is 1. The summed E-state index contributed by atoms with van der Waals surface area (Å²) < 4.78 is 0. The summed E-state index contributed by atoms with van der Waals surface area (Å²) in [5.74, 6) is -3.94. The highest BCUT2D eigenvalue weighted by atomic mass is 32.1. The van der Waals surface area contributed by atoms with E-state index in [1.807, 2.05) is 13.8 Å². The predicted octanol–water partition coefficient (Wildman–Crippen LogP) is -0.989. The van der Waals surface area contributed by atoms with Gasteiger partial charge in [-0.3, -0.25) is 28.8 Å². The number of amides is 5. The Labute approximate surface area is 276 Å². The molecule has 16 nitrogen and oxygen atoms in total. The first-order chi connectivity index (χ1) is 21.9. The van der Waals surface area contributed by atoms with Crippen molar-refractivity contribution in [3.63, 3.8) is 0 Å². The maximum atomic E-state index is 12.9. The minimum absolute atomic E-state index is 0.0253. The van der Waals surface area contributed by atoms with Crippen LogP contribution < -0.4 is 37.6 Å². The summed E-state index contributed by atoms with van der Waals surface area (Å²) in [6, 6.07) is 1.99. The number of nitrogens with one attached hydrogen (secondary N) is 6. The fourth-order valence-electron chi connectivity index (χ4n) is 4.09. The summed E-state index contributed by atoms with van der Waals surface area (Å²) in [7, 11) is 0. The van der Waals surface area contributed by atoms with Crippen LogP contribution in [0.2, 0.25) is 0 Å². The zero-order chi connectivity index (χ0) is 35.5. The number of phenols is 1. The van der Waals surface area contributed by atoms with Crippen LogP contribution in [0.4, 0.5) is 5.13 Å². The maximum Gasteiger partial charge on any atom is 0.244 e. The fraction of sp³-hybridized carbons (Fsp3) is 0.500. The molecule has 0 bridgehead atoms. The Balaban J connectivity index is 1.83. The summed E-state index contributed by atoms with van der Waals surface area (Å²) in [4.78, 5) is 80.4. The molecular weight excluding hydrogens is 632 g/mol. The van der Waals surface area contributed by atoms with Gasteiger partial charge in [0.1, 0.15) is 29.9 Å². The standard InChI is InChI=1S/C30H44N8O8S/c1-15(2)24(37-29-33-12-22(14-39)47-29)28(46)36-16(3)25(43)32-13-23(42)34-17(4)26(44)35-18(5)27(45)38-30(31,19(6)40)11-20-7-9-21(41)10-8-20/h7-10,12,15-18,24,39,41H,11,13-14,31H2,1-6H3,(H,32,43)(H,33,37)(H,34,42)(H,35,44)(H,36,46)(H,38,45)/t16-,17-,18-,24-,30-/m0/s1. The third kappa shape index (κ3) is 11.9. The Bertz CT molecular complexity index is 1430. The molecule has 17 heteroatoms. The van der Waals surface area contributed by atoms with Gasteiger partial charge in [0.2, 0.25) is 29.5 Å². The number of nitrogens with two attached hydrogens (primary N) is 1. The van der Waals surface area contributed by atoms with Crippen LogP contribution in [0.1, 0.15) is 52.0 Å². The van der Waals surface area contributed by atoms with Gasteiger partial charge >= 0.3 is 0 Å². The van der Waals surface area contributed by atoms with Gasteiger partial charge in [0.25, 0.3) is 0 Å². The highest BCUT2D eigenvalue weighted by Gasteiger charge is 2.35. The number of Topliss-reactive ketones (excluding diaryl/α,β-unsaturated/α-hetero) is 1. The molecule has 0 spiro atoms. The van der Waals surface area contributed by atoms with Crippen molar-refractivity contribution in [3.8, 4) is 5.75 Å². The van der Waals surface area contributed by atoms with E-state index < -0.39 is 71.7 Å². The second-order valence-electron chi connectivity index (χ2n) is 11.5. The van der Waals surface area contributed by atoms with Crippen LogP contribution in [0, 0.1) is 5.92 Å². The number of carbonyl (C=O) groups excluding carboxylic acids is 6. The van der Waals surface area contributed by atoms with Gasteiger partial charge in [-0.1, -0.05) is 37.3 Å².